The molecule has 0 saturated carbocycles. The first-order valence-electron chi connectivity index (χ1n) is 3.17. The molecule has 0 bridgehead atoms. The van der Waals surface area contributed by atoms with E-state index in [0.717, 1.165) is 13.0 Å². The minimum Gasteiger partial charge on any atom is -1.00 e. The molecule has 1 aromatic carbocycles. The molecule has 1 rings (SSSR count). The summed E-state index contributed by atoms with van der Waals surface area (Å²) in [5.41, 5.74) is 6.68. The molecule has 0 aliphatic carbocycles. The van der Waals surface area contributed by atoms with Crippen molar-refractivity contribution >= 4 is 13.5 Å². The van der Waals surface area contributed by atoms with Crippen molar-refractivity contribution in [1.82, 2.24) is 0 Å². The van der Waals surface area contributed by atoms with Crippen molar-refractivity contribution in [2.24, 2.45) is 5.73 Å². The highest BCUT2D eigenvalue weighted by Gasteiger charge is 1.84. The maximum Gasteiger partial charge on any atom is -0.00367 e. The van der Waals surface area contributed by atoms with Crippen LogP contribution in [-0.2, 0) is 19.9 Å². The second-order valence-electron chi connectivity index (χ2n) is 2.02. The van der Waals surface area contributed by atoms with E-state index in [1.165, 1.54) is 5.56 Å². The Morgan fingerprint density at radius 3 is 2.09 bits per heavy atom. The van der Waals surface area contributed by atoms with Crippen LogP contribution in [0.25, 0.3) is 0 Å². The highest BCUT2D eigenvalue weighted by Crippen LogP contribution is 1.96. The summed E-state index contributed by atoms with van der Waals surface area (Å²) in [5.74, 6) is 0. The Hall–Kier alpha value is -0.540. The minimum absolute atomic E-state index is 0. The maximum atomic E-state index is 5.36. The molecule has 2 N–H and O–H groups in total. The van der Waals surface area contributed by atoms with Gasteiger partial charge in [0, 0.05) is 0 Å². The molecule has 1 aromatic rings. The number of rotatable bonds is 2. The molecular formula is C8H14FNS. The molecule has 0 fully saturated rings. The number of hydrogen-bond acceptors (Lipinski definition) is 1. The van der Waals surface area contributed by atoms with Crippen molar-refractivity contribution in [3.8, 4) is 0 Å². The van der Waals surface area contributed by atoms with Gasteiger partial charge in [0.15, 0.2) is 0 Å². The van der Waals surface area contributed by atoms with Crippen LogP contribution >= 0.6 is 0 Å². The highest BCUT2D eigenvalue weighted by molar-refractivity contribution is 7.37. The van der Waals surface area contributed by atoms with E-state index >= 15 is 0 Å². The van der Waals surface area contributed by atoms with E-state index in [1.54, 1.807) is 0 Å². The Bertz CT molecular complexity index is 167. The molecule has 0 radical (unpaired) electrons. The molecule has 0 aliphatic heterocycles. The first-order chi connectivity index (χ1) is 4.43. The predicted molar refractivity (Wildman–Crippen MR) is 50.8 cm³/mol. The van der Waals surface area contributed by atoms with Crippen molar-refractivity contribution in [3.63, 3.8) is 0 Å². The van der Waals surface area contributed by atoms with Crippen LogP contribution in [0.3, 0.4) is 0 Å². The van der Waals surface area contributed by atoms with Gasteiger partial charge in [-0.15, -0.1) is 0 Å². The Morgan fingerprint density at radius 2 is 1.64 bits per heavy atom. The van der Waals surface area contributed by atoms with Gasteiger partial charge >= 0.3 is 0 Å². The third kappa shape index (κ3) is 4.81. The van der Waals surface area contributed by atoms with E-state index in [1.807, 2.05) is 18.2 Å². The van der Waals surface area contributed by atoms with E-state index < -0.39 is 0 Å². The zero-order chi connectivity index (χ0) is 6.53. The van der Waals surface area contributed by atoms with Crippen molar-refractivity contribution < 1.29 is 4.70 Å². The van der Waals surface area contributed by atoms with Crippen molar-refractivity contribution in [1.29, 1.82) is 0 Å². The van der Waals surface area contributed by atoms with Gasteiger partial charge in [-0.3, -0.25) is 0 Å². The smallest absolute Gasteiger partial charge is 0.00367 e. The van der Waals surface area contributed by atoms with Crippen molar-refractivity contribution in [2.75, 3.05) is 6.54 Å². The van der Waals surface area contributed by atoms with Gasteiger partial charge in [0.05, 0.1) is 0 Å². The molecule has 0 aromatic heterocycles. The molecule has 64 valence electrons. The molecule has 0 heterocycles. The highest BCUT2D eigenvalue weighted by atomic mass is 32.1. The number of nitrogens with two attached hydrogens (primary N) is 1. The summed E-state index contributed by atoms with van der Waals surface area (Å²) in [6.45, 7) is 0.740. The van der Waals surface area contributed by atoms with Crippen LogP contribution in [0, 0.1) is 0 Å². The van der Waals surface area contributed by atoms with E-state index in [-0.39, 0.29) is 18.2 Å². The molecule has 0 spiro atoms. The Morgan fingerprint density at radius 1 is 1.09 bits per heavy atom. The third-order valence-electron chi connectivity index (χ3n) is 1.28. The van der Waals surface area contributed by atoms with Crippen molar-refractivity contribution in [3.05, 3.63) is 35.9 Å². The normalized spacial score (nSPS) is 7.73. The second-order valence-corrected chi connectivity index (χ2v) is 2.02. The maximum absolute atomic E-state index is 5.36. The van der Waals surface area contributed by atoms with Gasteiger partial charge in [-0.25, -0.2) is 0 Å². The lowest BCUT2D eigenvalue weighted by Crippen LogP contribution is -3.00. The van der Waals surface area contributed by atoms with E-state index in [0.29, 0.717) is 0 Å². The average Bonchev–Trinajstić information content (AvgIpc) is 1.91. The Kier molecular flexibility index (Phi) is 9.00. The lowest BCUT2D eigenvalue weighted by molar-refractivity contribution is -0.00000209. The SMILES string of the molecule is NCCc1ccccc1.[F-].[SH3+]. The van der Waals surface area contributed by atoms with Gasteiger partial charge in [0.25, 0.3) is 0 Å². The molecule has 11 heavy (non-hydrogen) atoms. The lowest BCUT2D eigenvalue weighted by atomic mass is 10.2. The summed E-state index contributed by atoms with van der Waals surface area (Å²) in [5, 5.41) is 0. The van der Waals surface area contributed by atoms with Crippen LogP contribution in [0.1, 0.15) is 5.56 Å². The quantitative estimate of drug-likeness (QED) is 0.490. The lowest BCUT2D eigenvalue weighted by Gasteiger charge is -1.93. The van der Waals surface area contributed by atoms with Gasteiger partial charge < -0.3 is 10.4 Å². The fourth-order valence-corrected chi connectivity index (χ4v) is 0.811. The van der Waals surface area contributed by atoms with Gasteiger partial charge in [-0.05, 0) is 18.5 Å². The zero-order valence-electron chi connectivity index (χ0n) is 6.33. The van der Waals surface area contributed by atoms with E-state index in [4.69, 9.17) is 5.73 Å². The first kappa shape index (κ1) is 13.1. The summed E-state index contributed by atoms with van der Waals surface area (Å²) in [4.78, 5) is 0. The Labute approximate surface area is 73.4 Å². The number of hydrogen-bond donors (Lipinski definition) is 1. The summed E-state index contributed by atoms with van der Waals surface area (Å²) in [7, 11) is 0. The predicted octanol–water partition coefficient (Wildman–Crippen LogP) is -2.61. The molecule has 1 nitrogen and oxygen atoms in total. The third-order valence-corrected chi connectivity index (χ3v) is 1.28. The standard InChI is InChI=1S/C8H11N.FH.H2S/c9-7-6-8-4-2-1-3-5-8;;/h1-5H,6-7,9H2;1H;1H2. The van der Waals surface area contributed by atoms with E-state index in [2.05, 4.69) is 12.1 Å². The molecule has 0 amide bonds. The zero-order valence-corrected chi connectivity index (χ0v) is 7.49. The van der Waals surface area contributed by atoms with Crippen molar-refractivity contribution in [2.45, 2.75) is 6.42 Å². The Balaban J connectivity index is 0. The van der Waals surface area contributed by atoms with Crippen LogP contribution < -0.4 is 10.4 Å². The fourth-order valence-electron chi connectivity index (χ4n) is 0.811. The number of benzene rings is 1. The van der Waals surface area contributed by atoms with E-state index in [9.17, 15) is 0 Å². The van der Waals surface area contributed by atoms with Gasteiger partial charge in [0.1, 0.15) is 0 Å². The summed E-state index contributed by atoms with van der Waals surface area (Å²) >= 11 is 0. The van der Waals surface area contributed by atoms with Crippen LogP contribution in [-0.4, -0.2) is 6.54 Å². The van der Waals surface area contributed by atoms with Crippen LogP contribution in [0.4, 0.5) is 0 Å². The van der Waals surface area contributed by atoms with Crippen LogP contribution in [0.15, 0.2) is 30.3 Å². The summed E-state index contributed by atoms with van der Waals surface area (Å²) in [6, 6.07) is 10.3. The second kappa shape index (κ2) is 7.57. The van der Waals surface area contributed by atoms with Gasteiger partial charge in [-0.1, -0.05) is 43.8 Å². The van der Waals surface area contributed by atoms with Crippen LogP contribution in [0.2, 0.25) is 0 Å². The molecule has 3 heteroatoms. The summed E-state index contributed by atoms with van der Waals surface area (Å²) < 4.78 is 0. The molecule has 0 atom stereocenters. The van der Waals surface area contributed by atoms with Gasteiger partial charge in [0.2, 0.25) is 0 Å². The average molecular weight is 175 g/mol. The largest absolute Gasteiger partial charge is 1.00 e. The topological polar surface area (TPSA) is 26.0 Å². The fraction of sp³-hybridized carbons (Fsp3) is 0.250. The monoisotopic (exact) mass is 175 g/mol. The number of halogens is 1. The summed E-state index contributed by atoms with van der Waals surface area (Å²) in [6.07, 6.45) is 0.987. The molecule has 0 saturated heterocycles. The molecule has 0 aliphatic rings. The van der Waals surface area contributed by atoms with Gasteiger partial charge in [-0.2, -0.15) is 0 Å². The minimum atomic E-state index is 0. The first-order valence-corrected chi connectivity index (χ1v) is 3.17. The van der Waals surface area contributed by atoms with Crippen LogP contribution in [0.5, 0.6) is 0 Å². The molecular weight excluding hydrogens is 161 g/mol. The molecule has 0 unspecified atom stereocenters.